The fraction of sp³-hybridized carbons (Fsp3) is 0.500. The lowest BCUT2D eigenvalue weighted by Gasteiger charge is -2.22. The average molecular weight is 251 g/mol. The van der Waals surface area contributed by atoms with Crippen molar-refractivity contribution in [3.8, 4) is 6.07 Å². The van der Waals surface area contributed by atoms with E-state index in [2.05, 4.69) is 30.0 Å². The summed E-state index contributed by atoms with van der Waals surface area (Å²) < 4.78 is 0. The molecule has 1 aromatic carbocycles. The highest BCUT2D eigenvalue weighted by Crippen LogP contribution is 2.19. The first-order valence-corrected chi connectivity index (χ1v) is 6.31. The molecule has 0 radical (unpaired) electrons. The molecule has 0 amide bonds. The molecule has 0 aliphatic heterocycles. The lowest BCUT2D eigenvalue weighted by molar-refractivity contribution is 0.260. The topological polar surface area (TPSA) is 27.0 Å². The van der Waals surface area contributed by atoms with Gasteiger partial charge in [-0.1, -0.05) is 30.7 Å². The fourth-order valence-corrected chi connectivity index (χ4v) is 2.05. The van der Waals surface area contributed by atoms with Gasteiger partial charge in [0, 0.05) is 18.1 Å². The van der Waals surface area contributed by atoms with Crippen molar-refractivity contribution in [1.29, 1.82) is 5.26 Å². The number of nitriles is 1. The summed E-state index contributed by atoms with van der Waals surface area (Å²) in [6.45, 7) is 8.60. The van der Waals surface area contributed by atoms with Gasteiger partial charge in [-0.3, -0.25) is 4.90 Å². The second-order valence-corrected chi connectivity index (χ2v) is 4.86. The Bertz CT molecular complexity index is 409. The van der Waals surface area contributed by atoms with Crippen LogP contribution < -0.4 is 0 Å². The molecule has 3 heteroatoms. The number of hydrogen-bond donors (Lipinski definition) is 0. The van der Waals surface area contributed by atoms with Gasteiger partial charge in [-0.15, -0.1) is 0 Å². The van der Waals surface area contributed by atoms with E-state index < -0.39 is 0 Å². The van der Waals surface area contributed by atoms with Crippen LogP contribution >= 0.6 is 11.6 Å². The highest BCUT2D eigenvalue weighted by atomic mass is 35.5. The van der Waals surface area contributed by atoms with Crippen molar-refractivity contribution in [2.75, 3.05) is 13.1 Å². The molecule has 1 aromatic rings. The maximum atomic E-state index is 8.83. The lowest BCUT2D eigenvalue weighted by atomic mass is 10.1. The van der Waals surface area contributed by atoms with E-state index >= 15 is 0 Å². The molecule has 0 saturated heterocycles. The normalized spacial score (nSPS) is 12.5. The highest BCUT2D eigenvalue weighted by Gasteiger charge is 2.10. The Labute approximate surface area is 109 Å². The Balaban J connectivity index is 2.71. The number of benzene rings is 1. The van der Waals surface area contributed by atoms with Crippen molar-refractivity contribution in [1.82, 2.24) is 4.90 Å². The van der Waals surface area contributed by atoms with E-state index in [9.17, 15) is 0 Å². The molecule has 92 valence electrons. The Morgan fingerprint density at radius 1 is 1.47 bits per heavy atom. The van der Waals surface area contributed by atoms with Gasteiger partial charge in [0.25, 0.3) is 0 Å². The number of rotatable bonds is 5. The zero-order valence-corrected chi connectivity index (χ0v) is 11.5. The molecule has 1 unspecified atom stereocenters. The van der Waals surface area contributed by atoms with Gasteiger partial charge in [-0.2, -0.15) is 5.26 Å². The molecule has 0 saturated carbocycles. The van der Waals surface area contributed by atoms with Crippen LogP contribution in [0.15, 0.2) is 18.2 Å². The van der Waals surface area contributed by atoms with Crippen LogP contribution in [0, 0.1) is 24.2 Å². The second kappa shape index (κ2) is 6.64. The molecule has 0 bridgehead atoms. The van der Waals surface area contributed by atoms with Crippen LogP contribution in [-0.2, 0) is 6.54 Å². The molecular formula is C14H19ClN2. The molecule has 0 fully saturated rings. The SMILES string of the molecule is CCN(Cc1ccc(C)cc1Cl)CC(C)C#N. The van der Waals surface area contributed by atoms with Crippen molar-refractivity contribution in [2.24, 2.45) is 5.92 Å². The van der Waals surface area contributed by atoms with Gasteiger partial charge in [0.15, 0.2) is 0 Å². The Hall–Kier alpha value is -1.04. The van der Waals surface area contributed by atoms with E-state index in [1.54, 1.807) is 0 Å². The van der Waals surface area contributed by atoms with Crippen LogP contribution in [0.3, 0.4) is 0 Å². The van der Waals surface area contributed by atoms with E-state index in [1.165, 1.54) is 5.56 Å². The Kier molecular flexibility index (Phi) is 5.47. The first-order valence-electron chi connectivity index (χ1n) is 5.93. The number of hydrogen-bond acceptors (Lipinski definition) is 2. The third-order valence-corrected chi connectivity index (χ3v) is 3.15. The second-order valence-electron chi connectivity index (χ2n) is 4.45. The minimum absolute atomic E-state index is 0.0548. The van der Waals surface area contributed by atoms with E-state index in [0.717, 1.165) is 30.2 Å². The molecular weight excluding hydrogens is 232 g/mol. The third kappa shape index (κ3) is 4.38. The smallest absolute Gasteiger partial charge is 0.0666 e. The molecule has 0 aliphatic rings. The lowest BCUT2D eigenvalue weighted by Crippen LogP contribution is -2.27. The molecule has 17 heavy (non-hydrogen) atoms. The Morgan fingerprint density at radius 2 is 2.18 bits per heavy atom. The van der Waals surface area contributed by atoms with Crippen LogP contribution in [0.25, 0.3) is 0 Å². The fourth-order valence-electron chi connectivity index (χ4n) is 1.76. The zero-order chi connectivity index (χ0) is 12.8. The number of nitrogens with zero attached hydrogens (tertiary/aromatic N) is 2. The van der Waals surface area contributed by atoms with Crippen LogP contribution in [0.4, 0.5) is 0 Å². The van der Waals surface area contributed by atoms with Crippen molar-refractivity contribution >= 4 is 11.6 Å². The molecule has 0 heterocycles. The summed E-state index contributed by atoms with van der Waals surface area (Å²) in [4.78, 5) is 2.24. The van der Waals surface area contributed by atoms with E-state index in [1.807, 2.05) is 19.9 Å². The summed E-state index contributed by atoms with van der Waals surface area (Å²) in [6.07, 6.45) is 0. The molecule has 2 nitrogen and oxygen atoms in total. The minimum Gasteiger partial charge on any atom is -0.298 e. The maximum absolute atomic E-state index is 8.83. The van der Waals surface area contributed by atoms with Gasteiger partial charge in [0.05, 0.1) is 12.0 Å². The van der Waals surface area contributed by atoms with E-state index in [-0.39, 0.29) is 5.92 Å². The monoisotopic (exact) mass is 250 g/mol. The van der Waals surface area contributed by atoms with Gasteiger partial charge in [-0.25, -0.2) is 0 Å². The molecule has 1 atom stereocenters. The van der Waals surface area contributed by atoms with Gasteiger partial charge in [-0.05, 0) is 37.6 Å². The van der Waals surface area contributed by atoms with Crippen LogP contribution in [0.2, 0.25) is 5.02 Å². The Morgan fingerprint density at radius 3 is 2.71 bits per heavy atom. The predicted octanol–water partition coefficient (Wildman–Crippen LogP) is 3.63. The summed E-state index contributed by atoms with van der Waals surface area (Å²) in [5, 5.41) is 9.65. The number of halogens is 1. The first kappa shape index (κ1) is 14.0. The molecule has 0 N–H and O–H groups in total. The minimum atomic E-state index is 0.0548. The predicted molar refractivity (Wildman–Crippen MR) is 71.9 cm³/mol. The highest BCUT2D eigenvalue weighted by molar-refractivity contribution is 6.31. The number of aryl methyl sites for hydroxylation is 1. The van der Waals surface area contributed by atoms with Gasteiger partial charge < -0.3 is 0 Å². The van der Waals surface area contributed by atoms with Gasteiger partial charge >= 0.3 is 0 Å². The van der Waals surface area contributed by atoms with Gasteiger partial charge in [0.2, 0.25) is 0 Å². The van der Waals surface area contributed by atoms with Crippen molar-refractivity contribution < 1.29 is 0 Å². The molecule has 0 aromatic heterocycles. The van der Waals surface area contributed by atoms with Gasteiger partial charge in [0.1, 0.15) is 0 Å². The van der Waals surface area contributed by atoms with Crippen molar-refractivity contribution in [2.45, 2.75) is 27.3 Å². The standard InChI is InChI=1S/C14H19ClN2/c1-4-17(9-12(3)8-16)10-13-6-5-11(2)7-14(13)15/h5-7,12H,4,9-10H2,1-3H3. The summed E-state index contributed by atoms with van der Waals surface area (Å²) in [7, 11) is 0. The average Bonchev–Trinajstić information content (AvgIpc) is 2.31. The van der Waals surface area contributed by atoms with E-state index in [0.29, 0.717) is 0 Å². The van der Waals surface area contributed by atoms with Crippen molar-refractivity contribution in [3.63, 3.8) is 0 Å². The molecule has 0 aliphatic carbocycles. The largest absolute Gasteiger partial charge is 0.298 e. The maximum Gasteiger partial charge on any atom is 0.0666 e. The summed E-state index contributed by atoms with van der Waals surface area (Å²) in [5.41, 5.74) is 2.30. The summed E-state index contributed by atoms with van der Waals surface area (Å²) in [6, 6.07) is 8.39. The molecule has 1 rings (SSSR count). The first-order chi connectivity index (χ1) is 8.06. The van der Waals surface area contributed by atoms with Crippen LogP contribution in [-0.4, -0.2) is 18.0 Å². The van der Waals surface area contributed by atoms with Crippen LogP contribution in [0.5, 0.6) is 0 Å². The van der Waals surface area contributed by atoms with E-state index in [4.69, 9.17) is 16.9 Å². The zero-order valence-electron chi connectivity index (χ0n) is 10.7. The third-order valence-electron chi connectivity index (χ3n) is 2.80. The van der Waals surface area contributed by atoms with Crippen LogP contribution in [0.1, 0.15) is 25.0 Å². The summed E-state index contributed by atoms with van der Waals surface area (Å²) >= 11 is 6.21. The quantitative estimate of drug-likeness (QED) is 0.798. The molecule has 0 spiro atoms. The van der Waals surface area contributed by atoms with Crippen molar-refractivity contribution in [3.05, 3.63) is 34.3 Å². The summed E-state index contributed by atoms with van der Waals surface area (Å²) in [5.74, 6) is 0.0548.